The highest BCUT2D eigenvalue weighted by Gasteiger charge is 2.14. The van der Waals surface area contributed by atoms with Gasteiger partial charge in [-0.1, -0.05) is 30.5 Å². The fraction of sp³-hybridized carbons (Fsp3) is 0.462. The van der Waals surface area contributed by atoms with Crippen LogP contribution in [-0.4, -0.2) is 12.0 Å². The molecule has 1 aromatic carbocycles. The molecule has 0 aromatic heterocycles. The van der Waals surface area contributed by atoms with Gasteiger partial charge < -0.3 is 5.32 Å². The molecule has 1 fully saturated rings. The third kappa shape index (κ3) is 3.37. The zero-order valence-corrected chi connectivity index (χ0v) is 11.3. The summed E-state index contributed by atoms with van der Waals surface area (Å²) in [6.07, 6.45) is 4.76. The molecule has 18 heavy (non-hydrogen) atoms. The highest BCUT2D eigenvalue weighted by atomic mass is 35.5. The number of rotatable bonds is 2. The summed E-state index contributed by atoms with van der Waals surface area (Å²) < 4.78 is 0. The Kier molecular flexibility index (Phi) is 4.44. The van der Waals surface area contributed by atoms with Gasteiger partial charge in [0.1, 0.15) is 0 Å². The summed E-state index contributed by atoms with van der Waals surface area (Å²) in [7, 11) is 0. The Morgan fingerprint density at radius 3 is 2.78 bits per heavy atom. The Hall–Kier alpha value is -1.26. The van der Waals surface area contributed by atoms with Crippen LogP contribution < -0.4 is 16.6 Å². The van der Waals surface area contributed by atoms with E-state index in [0.717, 1.165) is 24.1 Å². The maximum Gasteiger partial charge on any atom is 0.210 e. The second-order valence-electron chi connectivity index (χ2n) is 4.67. The van der Waals surface area contributed by atoms with E-state index >= 15 is 0 Å². The molecule has 2 rings (SSSR count). The molecule has 1 aliphatic rings. The smallest absolute Gasteiger partial charge is 0.210 e. The highest BCUT2D eigenvalue weighted by molar-refractivity contribution is 6.33. The van der Waals surface area contributed by atoms with Gasteiger partial charge in [0.05, 0.1) is 16.8 Å². The Morgan fingerprint density at radius 1 is 1.39 bits per heavy atom. The monoisotopic (exact) mass is 266 g/mol. The normalized spacial score (nSPS) is 16.9. The van der Waals surface area contributed by atoms with Gasteiger partial charge >= 0.3 is 0 Å². The molecule has 0 saturated heterocycles. The second-order valence-corrected chi connectivity index (χ2v) is 5.08. The fourth-order valence-electron chi connectivity index (χ4n) is 2.18. The molecule has 0 spiro atoms. The summed E-state index contributed by atoms with van der Waals surface area (Å²) in [5.41, 5.74) is 4.57. The van der Waals surface area contributed by atoms with Gasteiger partial charge in [0.15, 0.2) is 0 Å². The predicted molar refractivity (Wildman–Crippen MR) is 76.8 cm³/mol. The number of nitrogens with one attached hydrogen (secondary N) is 2. The van der Waals surface area contributed by atoms with E-state index in [4.69, 9.17) is 17.4 Å². The summed E-state index contributed by atoms with van der Waals surface area (Å²) in [4.78, 5) is 4.57. The van der Waals surface area contributed by atoms with Crippen molar-refractivity contribution in [2.75, 3.05) is 5.32 Å². The third-order valence-corrected chi connectivity index (χ3v) is 3.48. The number of hydrogen-bond acceptors (Lipinski definition) is 2. The van der Waals surface area contributed by atoms with Crippen LogP contribution in [0.5, 0.6) is 0 Å². The minimum Gasteiger partial charge on any atom is -0.324 e. The molecular weight excluding hydrogens is 248 g/mol. The lowest BCUT2D eigenvalue weighted by molar-refractivity contribution is 0.700. The van der Waals surface area contributed by atoms with Gasteiger partial charge in [-0.2, -0.15) is 0 Å². The minimum atomic E-state index is 0.368. The van der Waals surface area contributed by atoms with Crippen LogP contribution in [0.3, 0.4) is 0 Å². The van der Waals surface area contributed by atoms with Gasteiger partial charge in [0.25, 0.3) is 0 Å². The SMILES string of the molecule is Cc1ccc(Cl)c(NC(=NC2CCCC2)NN)c1. The molecule has 0 radical (unpaired) electrons. The zero-order valence-electron chi connectivity index (χ0n) is 10.5. The van der Waals surface area contributed by atoms with Crippen LogP contribution in [0.1, 0.15) is 31.2 Å². The predicted octanol–water partition coefficient (Wildman–Crippen LogP) is 2.82. The van der Waals surface area contributed by atoms with Crippen molar-refractivity contribution in [1.29, 1.82) is 0 Å². The van der Waals surface area contributed by atoms with E-state index in [-0.39, 0.29) is 0 Å². The van der Waals surface area contributed by atoms with Crippen molar-refractivity contribution in [2.45, 2.75) is 38.6 Å². The highest BCUT2D eigenvalue weighted by Crippen LogP contribution is 2.24. The fourth-order valence-corrected chi connectivity index (χ4v) is 2.35. The summed E-state index contributed by atoms with van der Waals surface area (Å²) in [5.74, 6) is 6.08. The molecule has 0 bridgehead atoms. The molecule has 0 atom stereocenters. The van der Waals surface area contributed by atoms with Crippen molar-refractivity contribution in [3.8, 4) is 0 Å². The number of benzene rings is 1. The van der Waals surface area contributed by atoms with Crippen molar-refractivity contribution in [3.05, 3.63) is 28.8 Å². The number of halogens is 1. The lowest BCUT2D eigenvalue weighted by Gasteiger charge is -2.13. The number of hydrazine groups is 1. The number of hydrogen-bond donors (Lipinski definition) is 3. The number of aliphatic imine (C=N–C) groups is 1. The Balaban J connectivity index is 2.11. The van der Waals surface area contributed by atoms with E-state index < -0.39 is 0 Å². The first-order chi connectivity index (χ1) is 8.69. The van der Waals surface area contributed by atoms with Crippen LogP contribution in [0.15, 0.2) is 23.2 Å². The lowest BCUT2D eigenvalue weighted by atomic mass is 10.2. The zero-order chi connectivity index (χ0) is 13.0. The molecule has 0 amide bonds. The van der Waals surface area contributed by atoms with E-state index in [0.29, 0.717) is 17.0 Å². The van der Waals surface area contributed by atoms with Crippen molar-refractivity contribution in [1.82, 2.24) is 5.43 Å². The second kappa shape index (κ2) is 6.07. The van der Waals surface area contributed by atoms with Crippen LogP contribution in [0, 0.1) is 6.92 Å². The number of aryl methyl sites for hydroxylation is 1. The van der Waals surface area contributed by atoms with E-state index in [9.17, 15) is 0 Å². The molecule has 4 nitrogen and oxygen atoms in total. The molecule has 98 valence electrons. The molecule has 0 heterocycles. The Morgan fingerprint density at radius 2 is 2.11 bits per heavy atom. The number of nitrogens with zero attached hydrogens (tertiary/aromatic N) is 1. The van der Waals surface area contributed by atoms with Gasteiger partial charge in [0, 0.05) is 0 Å². The van der Waals surface area contributed by atoms with Gasteiger partial charge in [-0.15, -0.1) is 0 Å². The third-order valence-electron chi connectivity index (χ3n) is 3.15. The Labute approximate surface area is 113 Å². The molecule has 1 saturated carbocycles. The lowest BCUT2D eigenvalue weighted by Crippen LogP contribution is -2.37. The van der Waals surface area contributed by atoms with Crippen LogP contribution in [0.25, 0.3) is 0 Å². The van der Waals surface area contributed by atoms with E-state index in [2.05, 4.69) is 15.7 Å². The molecule has 5 heteroatoms. The molecular formula is C13H19ClN4. The topological polar surface area (TPSA) is 62.4 Å². The Bertz CT molecular complexity index is 439. The van der Waals surface area contributed by atoms with Gasteiger partial charge in [0.2, 0.25) is 5.96 Å². The van der Waals surface area contributed by atoms with Crippen LogP contribution in [0.4, 0.5) is 5.69 Å². The largest absolute Gasteiger partial charge is 0.324 e. The van der Waals surface area contributed by atoms with Gasteiger partial charge in [-0.25, -0.2) is 10.8 Å². The summed E-state index contributed by atoms with van der Waals surface area (Å²) in [5, 5.41) is 3.81. The standard InChI is InChI=1S/C13H19ClN4/c1-9-6-7-11(14)12(8-9)17-13(18-15)16-10-4-2-3-5-10/h6-8,10H,2-5,15H2,1H3,(H2,16,17,18). The van der Waals surface area contributed by atoms with Crippen LogP contribution >= 0.6 is 11.6 Å². The summed E-state index contributed by atoms with van der Waals surface area (Å²) in [6.45, 7) is 2.02. The van der Waals surface area contributed by atoms with E-state index in [1.165, 1.54) is 12.8 Å². The number of nitrogens with two attached hydrogens (primary N) is 1. The molecule has 4 N–H and O–H groups in total. The molecule has 1 aromatic rings. The maximum absolute atomic E-state index is 6.13. The van der Waals surface area contributed by atoms with Gasteiger partial charge in [-0.3, -0.25) is 5.43 Å². The maximum atomic E-state index is 6.13. The van der Waals surface area contributed by atoms with E-state index in [1.807, 2.05) is 25.1 Å². The number of guanidine groups is 1. The average molecular weight is 267 g/mol. The first-order valence-corrected chi connectivity index (χ1v) is 6.64. The van der Waals surface area contributed by atoms with Crippen molar-refractivity contribution in [2.24, 2.45) is 10.8 Å². The van der Waals surface area contributed by atoms with Crippen LogP contribution in [-0.2, 0) is 0 Å². The summed E-state index contributed by atoms with van der Waals surface area (Å²) in [6, 6.07) is 6.18. The quantitative estimate of drug-likeness (QED) is 0.334. The average Bonchev–Trinajstić information content (AvgIpc) is 2.85. The van der Waals surface area contributed by atoms with Crippen molar-refractivity contribution in [3.63, 3.8) is 0 Å². The first-order valence-electron chi connectivity index (χ1n) is 6.26. The van der Waals surface area contributed by atoms with Crippen molar-refractivity contribution >= 4 is 23.2 Å². The number of anilines is 1. The molecule has 0 aliphatic heterocycles. The van der Waals surface area contributed by atoms with Gasteiger partial charge in [-0.05, 0) is 37.5 Å². The molecule has 1 aliphatic carbocycles. The van der Waals surface area contributed by atoms with Crippen LogP contribution in [0.2, 0.25) is 5.02 Å². The molecule has 0 unspecified atom stereocenters. The minimum absolute atomic E-state index is 0.368. The summed E-state index contributed by atoms with van der Waals surface area (Å²) >= 11 is 6.13. The van der Waals surface area contributed by atoms with Crippen molar-refractivity contribution < 1.29 is 0 Å². The first kappa shape index (κ1) is 13.2. The van der Waals surface area contributed by atoms with E-state index in [1.54, 1.807) is 0 Å².